The summed E-state index contributed by atoms with van der Waals surface area (Å²) in [6.07, 6.45) is 0. The van der Waals surface area contributed by atoms with E-state index < -0.39 is 40.3 Å². The Bertz CT molecular complexity index is 426. The Hall–Kier alpha value is -2.24. The zero-order valence-corrected chi connectivity index (χ0v) is 12.1. The predicted molar refractivity (Wildman–Crippen MR) is 68.5 cm³/mol. The second-order valence-corrected chi connectivity index (χ2v) is 6.20. The number of rotatable bonds is 5. The van der Waals surface area contributed by atoms with Gasteiger partial charge in [0.1, 0.15) is 0 Å². The molecule has 0 aromatic carbocycles. The first-order valence-electron chi connectivity index (χ1n) is 6.24. The molecule has 12 nitrogen and oxygen atoms in total. The molecular weight excluding hydrogens is 288 g/mol. The summed E-state index contributed by atoms with van der Waals surface area (Å²) in [5, 5.41) is 34.2. The predicted octanol–water partition coefficient (Wildman–Crippen LogP) is -1.68. The van der Waals surface area contributed by atoms with Crippen molar-refractivity contribution in [3.05, 3.63) is 30.3 Å². The van der Waals surface area contributed by atoms with Crippen LogP contribution in [0.25, 0.3) is 0 Å². The number of nitrogens with zero attached hydrogens (tertiary/aromatic N) is 5. The number of hydrazine groups is 2. The van der Waals surface area contributed by atoms with Crippen molar-refractivity contribution < 1.29 is 20.3 Å². The second-order valence-electron chi connectivity index (χ2n) is 6.20. The van der Waals surface area contributed by atoms with Gasteiger partial charge in [-0.15, -0.1) is 0 Å². The highest BCUT2D eigenvalue weighted by Gasteiger charge is 2.57. The standard InChI is InChI=1S/C9H18N6O6/c1-8(2,3)10-4-9(13(16)17)5-11(14(18)19)7-12(6-9)15(20)21/h10H,4-7H2,1-3H3/p+1. The normalized spacial score (nSPS) is 18.4. The van der Waals surface area contributed by atoms with Gasteiger partial charge in [-0.2, -0.15) is 0 Å². The van der Waals surface area contributed by atoms with Gasteiger partial charge in [0.05, 0.1) is 5.54 Å². The Morgan fingerprint density at radius 1 is 1.05 bits per heavy atom. The lowest BCUT2D eigenvalue weighted by Crippen LogP contribution is -2.99. The maximum Gasteiger partial charge on any atom is 0.315 e. The third-order valence-electron chi connectivity index (χ3n) is 3.22. The molecule has 0 amide bonds. The van der Waals surface area contributed by atoms with E-state index in [1.165, 1.54) is 0 Å². The largest absolute Gasteiger partial charge is 0.336 e. The number of hydrogen-bond acceptors (Lipinski definition) is 6. The fourth-order valence-electron chi connectivity index (χ4n) is 2.05. The lowest BCUT2D eigenvalue weighted by Gasteiger charge is -2.34. The van der Waals surface area contributed by atoms with Crippen LogP contribution < -0.4 is 5.32 Å². The summed E-state index contributed by atoms with van der Waals surface area (Å²) in [5.74, 6) is 0. The van der Waals surface area contributed by atoms with Crippen LogP contribution in [0.1, 0.15) is 20.8 Å². The number of quaternary nitrogens is 1. The highest BCUT2D eigenvalue weighted by Crippen LogP contribution is 2.19. The van der Waals surface area contributed by atoms with E-state index in [0.717, 1.165) is 0 Å². The van der Waals surface area contributed by atoms with Crippen molar-refractivity contribution in [1.82, 2.24) is 10.0 Å². The summed E-state index contributed by atoms with van der Waals surface area (Å²) < 4.78 is 0. The van der Waals surface area contributed by atoms with Crippen molar-refractivity contribution in [3.63, 3.8) is 0 Å². The molecule has 2 N–H and O–H groups in total. The highest BCUT2D eigenvalue weighted by atomic mass is 16.7. The van der Waals surface area contributed by atoms with E-state index in [4.69, 9.17) is 0 Å². The van der Waals surface area contributed by atoms with Crippen LogP contribution in [0.4, 0.5) is 0 Å². The maximum atomic E-state index is 11.4. The van der Waals surface area contributed by atoms with Crippen molar-refractivity contribution in [1.29, 1.82) is 0 Å². The minimum absolute atomic E-state index is 0.0851. The number of nitrogens with two attached hydrogens (primary N) is 1. The summed E-state index contributed by atoms with van der Waals surface area (Å²) >= 11 is 0. The average Bonchev–Trinajstić information content (AvgIpc) is 2.34. The topological polar surface area (TPSA) is 153 Å². The molecule has 0 spiro atoms. The van der Waals surface area contributed by atoms with Crippen molar-refractivity contribution in [2.75, 3.05) is 26.3 Å². The Kier molecular flexibility index (Phi) is 4.51. The molecule has 0 aromatic heterocycles. The van der Waals surface area contributed by atoms with Crippen LogP contribution >= 0.6 is 0 Å². The van der Waals surface area contributed by atoms with Crippen LogP contribution in [0, 0.1) is 30.3 Å². The summed E-state index contributed by atoms with van der Waals surface area (Å²) in [7, 11) is 0. The molecule has 12 heteroatoms. The molecule has 1 saturated heterocycles. The lowest BCUT2D eigenvalue weighted by molar-refractivity contribution is -0.783. The minimum Gasteiger partial charge on any atom is -0.336 e. The van der Waals surface area contributed by atoms with E-state index in [1.807, 2.05) is 20.8 Å². The molecule has 0 atom stereocenters. The van der Waals surface area contributed by atoms with Crippen LogP contribution in [-0.2, 0) is 0 Å². The highest BCUT2D eigenvalue weighted by molar-refractivity contribution is 4.86. The monoisotopic (exact) mass is 307 g/mol. The van der Waals surface area contributed by atoms with Gasteiger partial charge in [0.2, 0.25) is 6.67 Å². The Morgan fingerprint density at radius 2 is 1.48 bits per heavy atom. The quantitative estimate of drug-likeness (QED) is 0.467. The molecule has 1 heterocycles. The zero-order valence-electron chi connectivity index (χ0n) is 12.1. The Morgan fingerprint density at radius 3 is 1.76 bits per heavy atom. The van der Waals surface area contributed by atoms with Gasteiger partial charge < -0.3 is 5.32 Å². The number of nitro groups is 3. The zero-order chi connectivity index (χ0) is 16.4. The van der Waals surface area contributed by atoms with Gasteiger partial charge in [-0.25, -0.2) is 20.2 Å². The molecule has 1 aliphatic rings. The molecule has 0 saturated carbocycles. The van der Waals surface area contributed by atoms with Gasteiger partial charge in [-0.3, -0.25) is 10.1 Å². The van der Waals surface area contributed by atoms with Gasteiger partial charge >= 0.3 is 5.54 Å². The molecule has 0 unspecified atom stereocenters. The van der Waals surface area contributed by atoms with Crippen LogP contribution in [0.5, 0.6) is 0 Å². The molecule has 0 aliphatic carbocycles. The molecule has 1 aliphatic heterocycles. The van der Waals surface area contributed by atoms with Crippen molar-refractivity contribution in [2.45, 2.75) is 31.8 Å². The average molecular weight is 307 g/mol. The maximum absolute atomic E-state index is 11.4. The number of hydrogen-bond donors (Lipinski definition) is 1. The van der Waals surface area contributed by atoms with Crippen molar-refractivity contribution in [3.8, 4) is 0 Å². The molecule has 0 aromatic rings. The smallest absolute Gasteiger partial charge is 0.315 e. The fourth-order valence-corrected chi connectivity index (χ4v) is 2.05. The van der Waals surface area contributed by atoms with E-state index in [-0.39, 0.29) is 12.1 Å². The van der Waals surface area contributed by atoms with Crippen LogP contribution in [-0.4, -0.2) is 62.4 Å². The third kappa shape index (κ3) is 4.11. The van der Waals surface area contributed by atoms with Crippen molar-refractivity contribution >= 4 is 0 Å². The van der Waals surface area contributed by atoms with E-state index in [0.29, 0.717) is 10.0 Å². The van der Waals surface area contributed by atoms with Crippen LogP contribution in [0.2, 0.25) is 0 Å². The van der Waals surface area contributed by atoms with E-state index in [1.54, 1.807) is 5.32 Å². The minimum atomic E-state index is -1.77. The molecule has 120 valence electrons. The summed E-state index contributed by atoms with van der Waals surface area (Å²) in [6.45, 7) is 3.90. The summed E-state index contributed by atoms with van der Waals surface area (Å²) in [6, 6.07) is 0. The first kappa shape index (κ1) is 16.8. The van der Waals surface area contributed by atoms with Gasteiger partial charge in [0, 0.05) is 4.92 Å². The Balaban J connectivity index is 3.06. The first-order valence-corrected chi connectivity index (χ1v) is 6.24. The van der Waals surface area contributed by atoms with Gasteiger partial charge in [0.25, 0.3) is 0 Å². The third-order valence-corrected chi connectivity index (χ3v) is 3.22. The Labute approximate surface area is 120 Å². The summed E-state index contributed by atoms with van der Waals surface area (Å²) in [5.41, 5.74) is -2.11. The SMILES string of the molecule is CC(C)(C)[NH2+]CC1([N+](=O)[O-])CN([N+](=O)[O-])CN([N+](=O)[O-])C1. The van der Waals surface area contributed by atoms with Gasteiger partial charge in [0.15, 0.2) is 29.7 Å². The molecular formula is C9H19N6O6+. The summed E-state index contributed by atoms with van der Waals surface area (Å²) in [4.78, 5) is 32.5. The second kappa shape index (κ2) is 5.63. The molecule has 0 bridgehead atoms. The first-order chi connectivity index (χ1) is 9.47. The fraction of sp³-hybridized carbons (Fsp3) is 1.00. The molecule has 1 fully saturated rings. The molecule has 1 rings (SSSR count). The lowest BCUT2D eigenvalue weighted by atomic mass is 9.96. The van der Waals surface area contributed by atoms with E-state index in [9.17, 15) is 30.3 Å². The van der Waals surface area contributed by atoms with Gasteiger partial charge in [-0.1, -0.05) is 10.0 Å². The van der Waals surface area contributed by atoms with Crippen molar-refractivity contribution in [2.24, 2.45) is 0 Å². The van der Waals surface area contributed by atoms with E-state index >= 15 is 0 Å². The molecule has 0 radical (unpaired) electrons. The van der Waals surface area contributed by atoms with Crippen LogP contribution in [0.15, 0.2) is 0 Å². The molecule has 21 heavy (non-hydrogen) atoms. The van der Waals surface area contributed by atoms with E-state index in [2.05, 4.69) is 0 Å². The van der Waals surface area contributed by atoms with Crippen LogP contribution in [0.3, 0.4) is 0 Å². The van der Waals surface area contributed by atoms with Gasteiger partial charge in [-0.05, 0) is 20.8 Å².